The number of hydrogen-bond acceptors (Lipinski definition) is 2. The van der Waals surface area contributed by atoms with E-state index in [1.54, 1.807) is 6.20 Å². The van der Waals surface area contributed by atoms with Gasteiger partial charge in [-0.05, 0) is 25.0 Å². The molecule has 1 N–H and O–H groups in total. The smallest absolute Gasteiger partial charge is 0.310 e. The molecule has 1 rings (SSSR count). The number of rotatable bonds is 5. The van der Waals surface area contributed by atoms with E-state index in [1.807, 2.05) is 32.0 Å². The second kappa shape index (κ2) is 4.91. The molecule has 0 bridgehead atoms. The Morgan fingerprint density at radius 1 is 1.40 bits per heavy atom. The van der Waals surface area contributed by atoms with Gasteiger partial charge in [-0.15, -0.1) is 0 Å². The summed E-state index contributed by atoms with van der Waals surface area (Å²) in [5.41, 5.74) is 0.192. The molecule has 0 aromatic carbocycles. The molecule has 1 heterocycles. The third-order valence-electron chi connectivity index (χ3n) is 3.05. The van der Waals surface area contributed by atoms with Gasteiger partial charge in [0.05, 0.1) is 5.41 Å². The number of aliphatic carboxylic acids is 1. The maximum Gasteiger partial charge on any atom is 0.310 e. The largest absolute Gasteiger partial charge is 0.481 e. The normalized spacial score (nSPS) is 11.3. The van der Waals surface area contributed by atoms with Gasteiger partial charge in [0.15, 0.2) is 0 Å². The first kappa shape index (κ1) is 11.7. The molecule has 0 atom stereocenters. The van der Waals surface area contributed by atoms with Crippen molar-refractivity contribution < 1.29 is 9.90 Å². The standard InChI is InChI=1S/C12H17NO2/c1-3-12(4-2,11(14)15)9-10-7-5-6-8-13-10/h5-8H,3-4,9H2,1-2H3,(H,14,15). The topological polar surface area (TPSA) is 50.2 Å². The number of aromatic nitrogens is 1. The van der Waals surface area contributed by atoms with Gasteiger partial charge >= 0.3 is 5.97 Å². The molecule has 0 saturated heterocycles. The molecule has 1 aromatic heterocycles. The number of pyridine rings is 1. The van der Waals surface area contributed by atoms with Gasteiger partial charge in [0.25, 0.3) is 0 Å². The molecule has 0 spiro atoms. The first-order valence-electron chi connectivity index (χ1n) is 5.28. The highest BCUT2D eigenvalue weighted by atomic mass is 16.4. The summed E-state index contributed by atoms with van der Waals surface area (Å²) in [6.45, 7) is 3.83. The van der Waals surface area contributed by atoms with Gasteiger partial charge in [0.2, 0.25) is 0 Å². The zero-order valence-corrected chi connectivity index (χ0v) is 9.23. The van der Waals surface area contributed by atoms with Crippen LogP contribution in [0.2, 0.25) is 0 Å². The monoisotopic (exact) mass is 207 g/mol. The lowest BCUT2D eigenvalue weighted by Crippen LogP contribution is -2.32. The molecule has 3 nitrogen and oxygen atoms in total. The van der Waals surface area contributed by atoms with Gasteiger partial charge in [0, 0.05) is 18.3 Å². The molecule has 3 heteroatoms. The van der Waals surface area contributed by atoms with Crippen molar-refractivity contribution >= 4 is 5.97 Å². The van der Waals surface area contributed by atoms with Crippen molar-refractivity contribution in [3.05, 3.63) is 30.1 Å². The molecule has 0 amide bonds. The quantitative estimate of drug-likeness (QED) is 0.807. The molecule has 0 radical (unpaired) electrons. The van der Waals surface area contributed by atoms with Gasteiger partial charge in [-0.3, -0.25) is 9.78 Å². The molecule has 15 heavy (non-hydrogen) atoms. The van der Waals surface area contributed by atoms with Crippen LogP contribution in [-0.2, 0) is 11.2 Å². The lowest BCUT2D eigenvalue weighted by molar-refractivity contribution is -0.149. The van der Waals surface area contributed by atoms with E-state index >= 15 is 0 Å². The molecule has 0 saturated carbocycles. The van der Waals surface area contributed by atoms with Crippen molar-refractivity contribution in [3.63, 3.8) is 0 Å². The van der Waals surface area contributed by atoms with E-state index in [0.29, 0.717) is 19.3 Å². The van der Waals surface area contributed by atoms with E-state index < -0.39 is 11.4 Å². The summed E-state index contributed by atoms with van der Waals surface area (Å²) in [6, 6.07) is 5.60. The Hall–Kier alpha value is -1.38. The zero-order valence-electron chi connectivity index (χ0n) is 9.23. The highest BCUT2D eigenvalue weighted by Crippen LogP contribution is 2.30. The average Bonchev–Trinajstić information content (AvgIpc) is 2.27. The molecule has 0 unspecified atom stereocenters. The van der Waals surface area contributed by atoms with E-state index in [-0.39, 0.29) is 0 Å². The fourth-order valence-electron chi connectivity index (χ4n) is 1.73. The molecule has 0 aliphatic carbocycles. The van der Waals surface area contributed by atoms with Crippen LogP contribution in [-0.4, -0.2) is 16.1 Å². The fourth-order valence-corrected chi connectivity index (χ4v) is 1.73. The van der Waals surface area contributed by atoms with Gasteiger partial charge < -0.3 is 5.11 Å². The lowest BCUT2D eigenvalue weighted by Gasteiger charge is -2.26. The van der Waals surface area contributed by atoms with Crippen LogP contribution < -0.4 is 0 Å². The highest BCUT2D eigenvalue weighted by Gasteiger charge is 2.35. The summed E-state index contributed by atoms with van der Waals surface area (Å²) in [7, 11) is 0. The van der Waals surface area contributed by atoms with E-state index in [4.69, 9.17) is 0 Å². The first-order valence-corrected chi connectivity index (χ1v) is 5.28. The van der Waals surface area contributed by atoms with Crippen LogP contribution in [0.25, 0.3) is 0 Å². The van der Waals surface area contributed by atoms with Crippen molar-refractivity contribution in [2.75, 3.05) is 0 Å². The Morgan fingerprint density at radius 3 is 2.47 bits per heavy atom. The van der Waals surface area contributed by atoms with Crippen LogP contribution in [0.3, 0.4) is 0 Å². The molecular weight excluding hydrogens is 190 g/mol. The summed E-state index contributed by atoms with van der Waals surface area (Å²) in [6.07, 6.45) is 3.48. The van der Waals surface area contributed by atoms with Crippen LogP contribution in [0.1, 0.15) is 32.4 Å². The van der Waals surface area contributed by atoms with Crippen LogP contribution in [0.15, 0.2) is 24.4 Å². The van der Waals surface area contributed by atoms with E-state index in [1.165, 1.54) is 0 Å². The van der Waals surface area contributed by atoms with Crippen LogP contribution in [0.4, 0.5) is 0 Å². The van der Waals surface area contributed by atoms with Crippen LogP contribution in [0, 0.1) is 5.41 Å². The Bertz CT molecular complexity index is 318. The molecule has 0 aliphatic heterocycles. The average molecular weight is 207 g/mol. The summed E-state index contributed by atoms with van der Waals surface area (Å²) >= 11 is 0. The predicted octanol–water partition coefficient (Wildman–Crippen LogP) is 2.52. The van der Waals surface area contributed by atoms with Gasteiger partial charge in [0.1, 0.15) is 0 Å². The fraction of sp³-hybridized carbons (Fsp3) is 0.500. The van der Waals surface area contributed by atoms with Gasteiger partial charge in [-0.1, -0.05) is 19.9 Å². The predicted molar refractivity (Wildman–Crippen MR) is 58.6 cm³/mol. The SMILES string of the molecule is CCC(CC)(Cc1ccccn1)C(=O)O. The molecule has 0 aliphatic rings. The number of carboxylic acid groups (broad SMARTS) is 1. The Balaban J connectivity index is 2.89. The zero-order chi connectivity index (χ0) is 11.3. The second-order valence-corrected chi connectivity index (χ2v) is 3.79. The van der Waals surface area contributed by atoms with Gasteiger partial charge in [-0.2, -0.15) is 0 Å². The minimum absolute atomic E-state index is 0.510. The number of carbonyl (C=O) groups is 1. The first-order chi connectivity index (χ1) is 7.14. The van der Waals surface area contributed by atoms with Crippen molar-refractivity contribution in [2.45, 2.75) is 33.1 Å². The number of nitrogens with zero attached hydrogens (tertiary/aromatic N) is 1. The molecular formula is C12H17NO2. The summed E-state index contributed by atoms with van der Waals surface area (Å²) in [5.74, 6) is -0.724. The Labute approximate surface area is 90.2 Å². The summed E-state index contributed by atoms with van der Waals surface area (Å²) < 4.78 is 0. The Kier molecular flexibility index (Phi) is 3.83. The minimum Gasteiger partial charge on any atom is -0.481 e. The highest BCUT2D eigenvalue weighted by molar-refractivity contribution is 5.74. The van der Waals surface area contributed by atoms with E-state index in [9.17, 15) is 9.90 Å². The van der Waals surface area contributed by atoms with Crippen molar-refractivity contribution in [2.24, 2.45) is 5.41 Å². The van der Waals surface area contributed by atoms with Crippen LogP contribution >= 0.6 is 0 Å². The number of carboxylic acids is 1. The summed E-state index contributed by atoms with van der Waals surface area (Å²) in [5, 5.41) is 9.26. The Morgan fingerprint density at radius 2 is 2.07 bits per heavy atom. The van der Waals surface area contributed by atoms with Crippen molar-refractivity contribution in [3.8, 4) is 0 Å². The molecule has 1 aromatic rings. The van der Waals surface area contributed by atoms with E-state index in [0.717, 1.165) is 5.69 Å². The van der Waals surface area contributed by atoms with Gasteiger partial charge in [-0.25, -0.2) is 0 Å². The maximum absolute atomic E-state index is 11.3. The molecule has 82 valence electrons. The van der Waals surface area contributed by atoms with Crippen molar-refractivity contribution in [1.29, 1.82) is 0 Å². The second-order valence-electron chi connectivity index (χ2n) is 3.79. The van der Waals surface area contributed by atoms with Crippen LogP contribution in [0.5, 0.6) is 0 Å². The molecule has 0 fully saturated rings. The summed E-state index contributed by atoms with van der Waals surface area (Å²) in [4.78, 5) is 15.4. The van der Waals surface area contributed by atoms with E-state index in [2.05, 4.69) is 4.98 Å². The third-order valence-corrected chi connectivity index (χ3v) is 3.05. The minimum atomic E-state index is -0.724. The van der Waals surface area contributed by atoms with Crippen molar-refractivity contribution in [1.82, 2.24) is 4.98 Å². The maximum atomic E-state index is 11.3. The lowest BCUT2D eigenvalue weighted by atomic mass is 9.78. The third kappa shape index (κ3) is 2.55. The number of hydrogen-bond donors (Lipinski definition) is 1.